The van der Waals surface area contributed by atoms with E-state index in [9.17, 15) is 13.2 Å². The number of para-hydroxylation sites is 1. The number of nitrogens with two attached hydrogens (primary N) is 1. The molecule has 1 heterocycles. The molecule has 0 aliphatic carbocycles. The second-order valence-corrected chi connectivity index (χ2v) is 10.7. The summed E-state index contributed by atoms with van der Waals surface area (Å²) in [4.78, 5) is 17.5. The molecule has 0 saturated carbocycles. The molecule has 0 bridgehead atoms. The highest BCUT2D eigenvalue weighted by Gasteiger charge is 2.21. The molecule has 0 aliphatic rings. The van der Waals surface area contributed by atoms with Gasteiger partial charge in [-0.2, -0.15) is 0 Å². The van der Waals surface area contributed by atoms with Gasteiger partial charge in [0.15, 0.2) is 5.16 Å². The van der Waals surface area contributed by atoms with Crippen LogP contribution >= 0.6 is 11.8 Å². The number of benzene rings is 3. The zero-order valence-electron chi connectivity index (χ0n) is 18.7. The van der Waals surface area contributed by atoms with Crippen molar-refractivity contribution < 1.29 is 13.2 Å². The van der Waals surface area contributed by atoms with Crippen LogP contribution in [0.15, 0.2) is 95.1 Å². The number of rotatable bonds is 7. The summed E-state index contributed by atoms with van der Waals surface area (Å²) in [5, 5.41) is 8.16. The molecule has 0 fully saturated rings. The van der Waals surface area contributed by atoms with Crippen molar-refractivity contribution in [3.8, 4) is 16.9 Å². The summed E-state index contributed by atoms with van der Waals surface area (Å²) < 4.78 is 24.9. The van der Waals surface area contributed by atoms with E-state index in [4.69, 9.17) is 5.14 Å². The maximum absolute atomic E-state index is 12.8. The largest absolute Gasteiger partial charge is 0.325 e. The Labute approximate surface area is 203 Å². The fourth-order valence-corrected chi connectivity index (χ4v) is 4.78. The van der Waals surface area contributed by atoms with E-state index in [1.54, 1.807) is 6.92 Å². The van der Waals surface area contributed by atoms with Crippen LogP contribution in [-0.4, -0.2) is 29.1 Å². The van der Waals surface area contributed by atoms with Gasteiger partial charge in [-0.05, 0) is 50.2 Å². The van der Waals surface area contributed by atoms with Gasteiger partial charge in [0.05, 0.1) is 22.0 Å². The quantitative estimate of drug-likeness (QED) is 0.366. The van der Waals surface area contributed by atoms with Crippen LogP contribution in [0, 0.1) is 6.92 Å². The number of primary sulfonamides is 1. The molecular weight excluding hydrogens is 468 g/mol. The Morgan fingerprint density at radius 2 is 1.65 bits per heavy atom. The second-order valence-electron chi connectivity index (χ2n) is 7.78. The summed E-state index contributed by atoms with van der Waals surface area (Å²) in [6.45, 7) is 3.84. The molecule has 0 radical (unpaired) electrons. The normalized spacial score (nSPS) is 12.3. The monoisotopic (exact) mass is 492 g/mol. The SMILES string of the molecule is Cc1ccc(-c2cnc(S[C@@H](C)C(=O)Nc3ccc(S(N)(=O)=O)cc3)n2-c2ccccc2)cc1. The van der Waals surface area contributed by atoms with Gasteiger partial charge in [-0.25, -0.2) is 18.5 Å². The van der Waals surface area contributed by atoms with E-state index < -0.39 is 15.3 Å². The second kappa shape index (κ2) is 9.84. The van der Waals surface area contributed by atoms with E-state index in [0.717, 1.165) is 16.9 Å². The Bertz CT molecular complexity index is 1400. The number of hydrogen-bond acceptors (Lipinski definition) is 5. The zero-order valence-corrected chi connectivity index (χ0v) is 20.3. The minimum absolute atomic E-state index is 0.0125. The van der Waals surface area contributed by atoms with Crippen molar-refractivity contribution in [3.63, 3.8) is 0 Å². The van der Waals surface area contributed by atoms with Crippen molar-refractivity contribution in [1.29, 1.82) is 0 Å². The lowest BCUT2D eigenvalue weighted by atomic mass is 10.1. The lowest BCUT2D eigenvalue weighted by Gasteiger charge is -2.15. The van der Waals surface area contributed by atoms with E-state index in [1.807, 2.05) is 48.0 Å². The zero-order chi connectivity index (χ0) is 24.3. The Morgan fingerprint density at radius 3 is 2.26 bits per heavy atom. The summed E-state index contributed by atoms with van der Waals surface area (Å²) in [5.74, 6) is -0.229. The van der Waals surface area contributed by atoms with Gasteiger partial charge in [-0.15, -0.1) is 0 Å². The van der Waals surface area contributed by atoms with E-state index >= 15 is 0 Å². The molecule has 174 valence electrons. The molecular formula is C25H24N4O3S2. The van der Waals surface area contributed by atoms with Crippen LogP contribution in [0.3, 0.4) is 0 Å². The molecule has 3 aromatic carbocycles. The van der Waals surface area contributed by atoms with E-state index in [-0.39, 0.29) is 10.8 Å². The number of thioether (sulfide) groups is 1. The van der Waals surface area contributed by atoms with Gasteiger partial charge in [0.2, 0.25) is 15.9 Å². The van der Waals surface area contributed by atoms with E-state index in [0.29, 0.717) is 10.8 Å². The minimum Gasteiger partial charge on any atom is -0.325 e. The van der Waals surface area contributed by atoms with Crippen molar-refractivity contribution in [1.82, 2.24) is 9.55 Å². The smallest absolute Gasteiger partial charge is 0.238 e. The first-order chi connectivity index (χ1) is 16.2. The molecule has 9 heteroatoms. The van der Waals surface area contributed by atoms with E-state index in [1.165, 1.54) is 41.6 Å². The fourth-order valence-electron chi connectivity index (χ4n) is 3.36. The van der Waals surface area contributed by atoms with Crippen molar-refractivity contribution in [2.24, 2.45) is 5.14 Å². The number of carbonyl (C=O) groups is 1. The Morgan fingerprint density at radius 1 is 1.00 bits per heavy atom. The Hall–Kier alpha value is -3.40. The van der Waals surface area contributed by atoms with Crippen LogP contribution < -0.4 is 10.5 Å². The standard InChI is InChI=1S/C25H24N4O3S2/c1-17-8-10-19(11-9-17)23-16-27-25(29(23)21-6-4-3-5-7-21)33-18(2)24(30)28-20-12-14-22(15-13-20)34(26,31)32/h3-16,18H,1-2H3,(H,28,30)(H2,26,31,32)/t18-/m0/s1. The fraction of sp³-hybridized carbons (Fsp3) is 0.120. The third-order valence-corrected chi connectivity index (χ3v) is 7.19. The highest BCUT2D eigenvalue weighted by Crippen LogP contribution is 2.32. The number of carbonyl (C=O) groups excluding carboxylic acids is 1. The van der Waals surface area contributed by atoms with Crippen LogP contribution in [0.25, 0.3) is 16.9 Å². The number of hydrogen-bond donors (Lipinski definition) is 2. The Balaban J connectivity index is 1.58. The lowest BCUT2D eigenvalue weighted by Crippen LogP contribution is -2.23. The number of aryl methyl sites for hydroxylation is 1. The molecule has 0 saturated heterocycles. The average Bonchev–Trinajstić information content (AvgIpc) is 3.23. The predicted octanol–water partition coefficient (Wildman–Crippen LogP) is 4.61. The summed E-state index contributed by atoms with van der Waals surface area (Å²) in [7, 11) is -3.79. The summed E-state index contributed by atoms with van der Waals surface area (Å²) in [6, 6.07) is 23.8. The molecule has 1 aromatic heterocycles. The van der Waals surface area contributed by atoms with Gasteiger partial charge in [-0.3, -0.25) is 9.36 Å². The highest BCUT2D eigenvalue weighted by atomic mass is 32.2. The molecule has 0 unspecified atom stereocenters. The van der Waals surface area contributed by atoms with Crippen molar-refractivity contribution in [3.05, 3.63) is 90.6 Å². The number of nitrogens with one attached hydrogen (secondary N) is 1. The molecule has 7 nitrogen and oxygen atoms in total. The maximum atomic E-state index is 12.8. The molecule has 4 aromatic rings. The molecule has 3 N–H and O–H groups in total. The Kier molecular flexibility index (Phi) is 6.87. The molecule has 4 rings (SSSR count). The lowest BCUT2D eigenvalue weighted by molar-refractivity contribution is -0.115. The van der Waals surface area contributed by atoms with Gasteiger partial charge in [-0.1, -0.05) is 59.8 Å². The molecule has 1 amide bonds. The topological polar surface area (TPSA) is 107 Å². The third-order valence-electron chi connectivity index (χ3n) is 5.19. The number of amides is 1. The first-order valence-corrected chi connectivity index (χ1v) is 13.0. The van der Waals surface area contributed by atoms with Crippen LogP contribution in [0.2, 0.25) is 0 Å². The molecule has 34 heavy (non-hydrogen) atoms. The van der Waals surface area contributed by atoms with Crippen molar-refractivity contribution in [2.45, 2.75) is 29.1 Å². The first-order valence-electron chi connectivity index (χ1n) is 10.5. The van der Waals surface area contributed by atoms with Gasteiger partial charge < -0.3 is 5.32 Å². The van der Waals surface area contributed by atoms with Gasteiger partial charge in [0.1, 0.15) is 0 Å². The first kappa shape index (κ1) is 23.7. The predicted molar refractivity (Wildman–Crippen MR) is 136 cm³/mol. The van der Waals surface area contributed by atoms with Gasteiger partial charge >= 0.3 is 0 Å². The third kappa shape index (κ3) is 5.39. The van der Waals surface area contributed by atoms with Crippen LogP contribution in [-0.2, 0) is 14.8 Å². The minimum atomic E-state index is -3.79. The molecule has 0 aliphatic heterocycles. The summed E-state index contributed by atoms with van der Waals surface area (Å²) in [5.41, 5.74) is 4.56. The van der Waals surface area contributed by atoms with Crippen LogP contribution in [0.1, 0.15) is 12.5 Å². The number of nitrogens with zero attached hydrogens (tertiary/aromatic N) is 2. The summed E-state index contributed by atoms with van der Waals surface area (Å²) >= 11 is 1.34. The van der Waals surface area contributed by atoms with Crippen molar-refractivity contribution >= 4 is 33.4 Å². The van der Waals surface area contributed by atoms with Gasteiger partial charge in [0.25, 0.3) is 0 Å². The maximum Gasteiger partial charge on any atom is 0.238 e. The van der Waals surface area contributed by atoms with Crippen LogP contribution in [0.4, 0.5) is 5.69 Å². The summed E-state index contributed by atoms with van der Waals surface area (Å²) in [6.07, 6.45) is 1.82. The van der Waals surface area contributed by atoms with Crippen molar-refractivity contribution in [2.75, 3.05) is 5.32 Å². The molecule has 0 spiro atoms. The van der Waals surface area contributed by atoms with Gasteiger partial charge in [0, 0.05) is 16.9 Å². The van der Waals surface area contributed by atoms with E-state index in [2.05, 4.69) is 34.6 Å². The number of sulfonamides is 1. The number of anilines is 1. The average molecular weight is 493 g/mol. The van der Waals surface area contributed by atoms with Crippen LogP contribution in [0.5, 0.6) is 0 Å². The highest BCUT2D eigenvalue weighted by molar-refractivity contribution is 8.00. The number of imidazole rings is 1. The number of aromatic nitrogens is 2. The molecule has 1 atom stereocenters.